The van der Waals surface area contributed by atoms with E-state index in [1.807, 2.05) is 0 Å². The summed E-state index contributed by atoms with van der Waals surface area (Å²) in [6.45, 7) is -0.482. The summed E-state index contributed by atoms with van der Waals surface area (Å²) in [6.07, 6.45) is -4.31. The average Bonchev–Trinajstić information content (AvgIpc) is 3.40. The van der Waals surface area contributed by atoms with Gasteiger partial charge in [0.1, 0.15) is 23.7 Å². The zero-order chi connectivity index (χ0) is 27.5. The third kappa shape index (κ3) is 5.33. The fraction of sp³-hybridized carbons (Fsp3) is 0.250. The van der Waals surface area contributed by atoms with Gasteiger partial charge in [0.15, 0.2) is 11.6 Å². The number of phenolic OH excluding ortho intramolecular Hbond substituents is 1. The Balaban J connectivity index is 1.55. The number of carbonyl (C=O) groups is 1. The minimum Gasteiger partial charge on any atom is -0.507 e. The number of hydrogen-bond donors (Lipinski definition) is 4. The van der Waals surface area contributed by atoms with Gasteiger partial charge in [0.05, 0.1) is 42.2 Å². The van der Waals surface area contributed by atoms with Crippen LogP contribution >= 0.6 is 0 Å². The quantitative estimate of drug-likeness (QED) is 0.260. The van der Waals surface area contributed by atoms with Gasteiger partial charge in [0.25, 0.3) is 0 Å². The van der Waals surface area contributed by atoms with Crippen LogP contribution in [0.3, 0.4) is 0 Å². The van der Waals surface area contributed by atoms with Crippen LogP contribution in [0.5, 0.6) is 11.5 Å². The molecule has 11 heteroatoms. The third-order valence-electron chi connectivity index (χ3n) is 6.39. The number of methoxy groups -OCH3 is 1. The van der Waals surface area contributed by atoms with Crippen LogP contribution in [0, 0.1) is 0 Å². The first-order chi connectivity index (χ1) is 18.9. The highest BCUT2D eigenvalue weighted by Gasteiger charge is 2.37. The maximum absolute atomic E-state index is 11.9. The van der Waals surface area contributed by atoms with Crippen LogP contribution in [0.2, 0.25) is 0 Å². The number of rotatable bonds is 7. The van der Waals surface area contributed by atoms with Crippen molar-refractivity contribution in [3.63, 3.8) is 0 Å². The van der Waals surface area contributed by atoms with Crippen LogP contribution in [-0.4, -0.2) is 79.5 Å². The maximum atomic E-state index is 11.9. The topological polar surface area (TPSA) is 156 Å². The van der Waals surface area contributed by atoms with Crippen molar-refractivity contribution in [3.05, 3.63) is 78.4 Å². The van der Waals surface area contributed by atoms with Gasteiger partial charge in [0, 0.05) is 6.42 Å². The molecule has 1 aliphatic heterocycles. The fourth-order valence-corrected chi connectivity index (χ4v) is 4.34. The van der Waals surface area contributed by atoms with Crippen molar-refractivity contribution >= 4 is 5.97 Å². The van der Waals surface area contributed by atoms with Crippen molar-refractivity contribution in [1.82, 2.24) is 14.8 Å². The van der Waals surface area contributed by atoms with Crippen LogP contribution in [0.1, 0.15) is 16.8 Å². The maximum Gasteiger partial charge on any atom is 0.337 e. The Labute approximate surface area is 223 Å². The lowest BCUT2D eigenvalue weighted by Gasteiger charge is -2.36. The molecule has 1 aliphatic rings. The van der Waals surface area contributed by atoms with Gasteiger partial charge in [-0.25, -0.2) is 14.5 Å². The summed E-state index contributed by atoms with van der Waals surface area (Å²) in [4.78, 5) is 16.6. The number of aliphatic hydroxyl groups is 3. The number of benzene rings is 3. The number of esters is 1. The Hall–Kier alpha value is -4.29. The molecular weight excluding hydrogens is 506 g/mol. The van der Waals surface area contributed by atoms with Crippen LogP contribution in [0.25, 0.3) is 28.5 Å². The van der Waals surface area contributed by atoms with Gasteiger partial charge >= 0.3 is 5.97 Å². The Kier molecular flexibility index (Phi) is 7.57. The molecule has 4 atom stereocenters. The van der Waals surface area contributed by atoms with Gasteiger partial charge in [0.2, 0.25) is 6.29 Å². The number of ether oxygens (including phenoxy) is 3. The average molecular weight is 534 g/mol. The van der Waals surface area contributed by atoms with E-state index in [2.05, 4.69) is 0 Å². The second-order valence-corrected chi connectivity index (χ2v) is 8.92. The molecule has 0 radical (unpaired) electrons. The van der Waals surface area contributed by atoms with Crippen LogP contribution in [-0.2, 0) is 9.47 Å². The second-order valence-electron chi connectivity index (χ2n) is 8.92. The number of aromatic nitrogens is 3. The number of hydrogen-bond acceptors (Lipinski definition) is 10. The fourth-order valence-electron chi connectivity index (χ4n) is 4.34. The Morgan fingerprint density at radius 1 is 1.03 bits per heavy atom. The van der Waals surface area contributed by atoms with E-state index in [0.29, 0.717) is 34.0 Å². The molecule has 0 bridgehead atoms. The number of nitrogens with zero attached hydrogens (tertiary/aromatic N) is 3. The summed E-state index contributed by atoms with van der Waals surface area (Å²) in [6, 6.07) is 20.3. The van der Waals surface area contributed by atoms with Gasteiger partial charge < -0.3 is 34.6 Å². The Morgan fingerprint density at radius 3 is 2.41 bits per heavy atom. The SMILES string of the molecule is COC(=O)c1ccc(-n2nc(-c3ccccc3OC3CC(O)C(O)C(CO)O3)nc2-c2ccccc2O)cc1. The van der Waals surface area contributed by atoms with Gasteiger partial charge in [-0.15, -0.1) is 5.10 Å². The minimum atomic E-state index is -1.23. The Morgan fingerprint density at radius 2 is 1.72 bits per heavy atom. The van der Waals surface area contributed by atoms with E-state index in [4.69, 9.17) is 24.3 Å². The molecule has 1 fully saturated rings. The van der Waals surface area contributed by atoms with E-state index in [1.54, 1.807) is 77.5 Å². The lowest BCUT2D eigenvalue weighted by atomic mass is 10.0. The van der Waals surface area contributed by atoms with Crippen LogP contribution < -0.4 is 4.74 Å². The summed E-state index contributed by atoms with van der Waals surface area (Å²) in [7, 11) is 1.31. The largest absolute Gasteiger partial charge is 0.507 e. The van der Waals surface area contributed by atoms with Crippen LogP contribution in [0.4, 0.5) is 0 Å². The number of aliphatic hydroxyl groups excluding tert-OH is 3. The normalized spacial score (nSPS) is 20.9. The monoisotopic (exact) mass is 533 g/mol. The minimum absolute atomic E-state index is 0.00612. The number of aromatic hydroxyl groups is 1. The van der Waals surface area contributed by atoms with Crippen molar-refractivity contribution in [2.24, 2.45) is 0 Å². The number of carbonyl (C=O) groups excluding carboxylic acids is 1. The van der Waals surface area contributed by atoms with E-state index >= 15 is 0 Å². The highest BCUT2D eigenvalue weighted by Crippen LogP contribution is 2.35. The summed E-state index contributed by atoms with van der Waals surface area (Å²) in [5.41, 5.74) is 1.89. The van der Waals surface area contributed by atoms with Crippen LogP contribution in [0.15, 0.2) is 72.8 Å². The molecular formula is C28H27N3O8. The van der Waals surface area contributed by atoms with E-state index in [-0.39, 0.29) is 18.0 Å². The predicted octanol–water partition coefficient (Wildman–Crippen LogP) is 2.30. The van der Waals surface area contributed by atoms with Crippen molar-refractivity contribution in [2.45, 2.75) is 31.0 Å². The number of phenols is 1. The predicted molar refractivity (Wildman–Crippen MR) is 138 cm³/mol. The molecule has 2 heterocycles. The molecule has 202 valence electrons. The number of para-hydroxylation sites is 2. The highest BCUT2D eigenvalue weighted by atomic mass is 16.7. The molecule has 3 aromatic carbocycles. The first-order valence-electron chi connectivity index (χ1n) is 12.2. The van der Waals surface area contributed by atoms with Gasteiger partial charge in [-0.05, 0) is 48.5 Å². The molecule has 39 heavy (non-hydrogen) atoms. The molecule has 1 saturated heterocycles. The molecule has 4 unspecified atom stereocenters. The first kappa shape index (κ1) is 26.3. The van der Waals surface area contributed by atoms with E-state index in [0.717, 1.165) is 0 Å². The summed E-state index contributed by atoms with van der Waals surface area (Å²) < 4.78 is 18.0. The molecule has 5 rings (SSSR count). The lowest BCUT2D eigenvalue weighted by Crippen LogP contribution is -2.51. The molecule has 0 saturated carbocycles. The molecule has 4 aromatic rings. The molecule has 1 aromatic heterocycles. The van der Waals surface area contributed by atoms with Gasteiger partial charge in [-0.2, -0.15) is 0 Å². The molecule has 0 amide bonds. The lowest BCUT2D eigenvalue weighted by molar-refractivity contribution is -0.229. The Bertz CT molecular complexity index is 1460. The molecule has 0 spiro atoms. The zero-order valence-corrected chi connectivity index (χ0v) is 20.9. The zero-order valence-electron chi connectivity index (χ0n) is 20.9. The molecule has 4 N–H and O–H groups in total. The van der Waals surface area contributed by atoms with Gasteiger partial charge in [-0.1, -0.05) is 24.3 Å². The van der Waals surface area contributed by atoms with E-state index < -0.39 is 37.2 Å². The van der Waals surface area contributed by atoms with Crippen molar-refractivity contribution < 1.29 is 39.4 Å². The molecule has 11 nitrogen and oxygen atoms in total. The summed E-state index contributed by atoms with van der Waals surface area (Å²) in [5.74, 6) is 0.503. The molecule has 0 aliphatic carbocycles. The van der Waals surface area contributed by atoms with Crippen molar-refractivity contribution in [2.75, 3.05) is 13.7 Å². The van der Waals surface area contributed by atoms with Gasteiger partial charge in [-0.3, -0.25) is 0 Å². The third-order valence-corrected chi connectivity index (χ3v) is 6.39. The summed E-state index contributed by atoms with van der Waals surface area (Å²) >= 11 is 0. The first-order valence-corrected chi connectivity index (χ1v) is 12.2. The smallest absolute Gasteiger partial charge is 0.337 e. The van der Waals surface area contributed by atoms with Crippen molar-refractivity contribution in [3.8, 4) is 40.0 Å². The van der Waals surface area contributed by atoms with Crippen molar-refractivity contribution in [1.29, 1.82) is 0 Å². The van der Waals surface area contributed by atoms with E-state index in [9.17, 15) is 25.2 Å². The highest BCUT2D eigenvalue weighted by molar-refractivity contribution is 5.89. The summed E-state index contributed by atoms with van der Waals surface area (Å²) in [5, 5.41) is 45.0. The van der Waals surface area contributed by atoms with E-state index in [1.165, 1.54) is 7.11 Å². The second kappa shape index (κ2) is 11.2. The standard InChI is InChI=1S/C28H27N3O8/c1-37-28(36)16-10-12-17(13-11-16)31-27(18-6-2-4-8-20(18)33)29-26(30-31)19-7-3-5-9-22(19)38-24-14-21(34)25(35)23(15-32)39-24/h2-13,21,23-25,32-35H,14-15H2,1H3.